The minimum absolute atomic E-state index is 0.0531. The maximum atomic E-state index is 14.8. The fourth-order valence-corrected chi connectivity index (χ4v) is 5.97. The van der Waals surface area contributed by atoms with Crippen LogP contribution in [-0.2, 0) is 34.0 Å². The van der Waals surface area contributed by atoms with Crippen molar-refractivity contribution in [1.29, 1.82) is 0 Å². The van der Waals surface area contributed by atoms with Gasteiger partial charge in [0, 0.05) is 24.1 Å². The van der Waals surface area contributed by atoms with E-state index in [1.807, 2.05) is 50.0 Å². The van der Waals surface area contributed by atoms with Crippen molar-refractivity contribution in [3.63, 3.8) is 0 Å². The lowest BCUT2D eigenvalue weighted by Crippen LogP contribution is -2.42. The molecule has 0 aliphatic rings. The number of rotatable bonds is 12. The minimum atomic E-state index is -2.31. The molecule has 0 fully saturated rings. The summed E-state index contributed by atoms with van der Waals surface area (Å²) < 4.78 is 45.7. The molecule has 220 valence electrons. The van der Waals surface area contributed by atoms with E-state index in [9.17, 15) is 18.4 Å². The standard InChI is InChI=1S/C31H33F2N3O5Si/c1-39-18-21-10-12-22(13-11-21)29(31(38)34-23-14-25(32)30(26(33)15-23)42(2,3)4)35-27(37)16-24-17-28(36-41-24)40-19-20-8-6-5-7-9-20/h5-15,17,29H,16,18-19H2,1-4H3,(H,34,38)(H,35,37)/t29-/m1/s1. The molecule has 1 aromatic heterocycles. The Morgan fingerprint density at radius 3 is 2.19 bits per heavy atom. The molecule has 11 heteroatoms. The molecule has 4 rings (SSSR count). The second-order valence-electron chi connectivity index (χ2n) is 10.8. The highest BCUT2D eigenvalue weighted by molar-refractivity contribution is 6.88. The van der Waals surface area contributed by atoms with Crippen LogP contribution in [0.5, 0.6) is 5.88 Å². The number of aromatic nitrogens is 1. The number of methoxy groups -OCH3 is 1. The summed E-state index contributed by atoms with van der Waals surface area (Å²) in [6.07, 6.45) is -0.221. The highest BCUT2D eigenvalue weighted by Gasteiger charge is 2.28. The average Bonchev–Trinajstić information content (AvgIpc) is 3.37. The predicted octanol–water partition coefficient (Wildman–Crippen LogP) is 5.26. The van der Waals surface area contributed by atoms with Crippen molar-refractivity contribution in [1.82, 2.24) is 10.5 Å². The lowest BCUT2D eigenvalue weighted by molar-refractivity contribution is -0.126. The summed E-state index contributed by atoms with van der Waals surface area (Å²) in [4.78, 5) is 26.4. The van der Waals surface area contributed by atoms with Gasteiger partial charge in [-0.1, -0.05) is 74.2 Å². The number of ether oxygens (including phenoxy) is 2. The van der Waals surface area contributed by atoms with Gasteiger partial charge in [-0.05, 0) is 34.0 Å². The number of carbonyl (C=O) groups is 2. The van der Waals surface area contributed by atoms with Crippen molar-refractivity contribution in [2.75, 3.05) is 12.4 Å². The van der Waals surface area contributed by atoms with Crippen LogP contribution in [0.4, 0.5) is 14.5 Å². The van der Waals surface area contributed by atoms with Crippen LogP contribution in [0, 0.1) is 11.6 Å². The van der Waals surface area contributed by atoms with Crippen molar-refractivity contribution in [3.05, 3.63) is 107 Å². The number of amides is 2. The number of nitrogens with zero attached hydrogens (tertiary/aromatic N) is 1. The van der Waals surface area contributed by atoms with Crippen LogP contribution in [0.1, 0.15) is 28.5 Å². The molecule has 42 heavy (non-hydrogen) atoms. The molecule has 4 aromatic rings. The van der Waals surface area contributed by atoms with Gasteiger partial charge in [0.05, 0.1) is 21.1 Å². The van der Waals surface area contributed by atoms with Gasteiger partial charge in [-0.15, -0.1) is 0 Å². The zero-order chi connectivity index (χ0) is 30.3. The fraction of sp³-hybridized carbons (Fsp3) is 0.258. The maximum Gasteiger partial charge on any atom is 0.254 e. The highest BCUT2D eigenvalue weighted by atomic mass is 28.3. The van der Waals surface area contributed by atoms with Gasteiger partial charge in [0.15, 0.2) is 0 Å². The Kier molecular flexibility index (Phi) is 9.86. The van der Waals surface area contributed by atoms with E-state index < -0.39 is 37.6 Å². The van der Waals surface area contributed by atoms with Gasteiger partial charge in [0.1, 0.15) is 30.0 Å². The smallest absolute Gasteiger partial charge is 0.254 e. The topological polar surface area (TPSA) is 103 Å². The average molecular weight is 594 g/mol. The van der Waals surface area contributed by atoms with Crippen molar-refractivity contribution in [2.24, 2.45) is 0 Å². The van der Waals surface area contributed by atoms with Crippen LogP contribution in [0.15, 0.2) is 77.3 Å². The summed E-state index contributed by atoms with van der Waals surface area (Å²) in [6.45, 7) is 6.14. The molecule has 0 saturated heterocycles. The first kappa shape index (κ1) is 30.6. The molecular weight excluding hydrogens is 560 g/mol. The van der Waals surface area contributed by atoms with Crippen molar-refractivity contribution in [2.45, 2.75) is 45.3 Å². The van der Waals surface area contributed by atoms with Crippen LogP contribution in [-0.4, -0.2) is 32.2 Å². The molecule has 0 bridgehead atoms. The molecule has 3 aromatic carbocycles. The van der Waals surface area contributed by atoms with Crippen LogP contribution in [0.3, 0.4) is 0 Å². The largest absolute Gasteiger partial charge is 0.471 e. The van der Waals surface area contributed by atoms with Crippen LogP contribution in [0.2, 0.25) is 19.6 Å². The summed E-state index contributed by atoms with van der Waals surface area (Å²) in [6, 6.07) is 18.9. The van der Waals surface area contributed by atoms with Crippen molar-refractivity contribution >= 4 is 30.8 Å². The molecule has 0 aliphatic carbocycles. The van der Waals surface area contributed by atoms with E-state index in [1.54, 1.807) is 31.4 Å². The van der Waals surface area contributed by atoms with E-state index in [-0.39, 0.29) is 35.5 Å². The Hall–Kier alpha value is -4.35. The van der Waals surface area contributed by atoms with Crippen LogP contribution in [0.25, 0.3) is 0 Å². The molecule has 1 atom stereocenters. The third-order valence-electron chi connectivity index (χ3n) is 6.35. The molecular formula is C31H33F2N3O5Si. The first-order valence-corrected chi connectivity index (χ1v) is 16.8. The van der Waals surface area contributed by atoms with E-state index in [4.69, 9.17) is 14.0 Å². The number of hydrogen-bond acceptors (Lipinski definition) is 6. The number of benzene rings is 3. The normalized spacial score (nSPS) is 12.0. The molecule has 8 nitrogen and oxygen atoms in total. The van der Waals surface area contributed by atoms with Gasteiger partial charge in [-0.25, -0.2) is 8.78 Å². The summed E-state index contributed by atoms with van der Waals surface area (Å²) in [5.41, 5.74) is 2.22. The van der Waals surface area contributed by atoms with Gasteiger partial charge in [-0.3, -0.25) is 9.59 Å². The summed E-state index contributed by atoms with van der Waals surface area (Å²) in [5.74, 6) is -2.19. The molecule has 1 heterocycles. The Morgan fingerprint density at radius 2 is 1.57 bits per heavy atom. The maximum absolute atomic E-state index is 14.8. The monoisotopic (exact) mass is 593 g/mol. The van der Waals surface area contributed by atoms with E-state index >= 15 is 0 Å². The van der Waals surface area contributed by atoms with Crippen molar-refractivity contribution < 1.29 is 32.4 Å². The van der Waals surface area contributed by atoms with E-state index in [2.05, 4.69) is 15.8 Å². The number of anilines is 1. The predicted molar refractivity (Wildman–Crippen MR) is 157 cm³/mol. The SMILES string of the molecule is COCc1ccc([C@@H](NC(=O)Cc2cc(OCc3ccccc3)no2)C(=O)Nc2cc(F)c([Si](C)(C)C)c(F)c2)cc1. The Labute approximate surface area is 244 Å². The summed E-state index contributed by atoms with van der Waals surface area (Å²) in [7, 11) is -0.738. The molecule has 0 saturated carbocycles. The lowest BCUT2D eigenvalue weighted by atomic mass is 10.0. The zero-order valence-electron chi connectivity index (χ0n) is 23.9. The Bertz CT molecular complexity index is 1500. The van der Waals surface area contributed by atoms with Crippen LogP contribution >= 0.6 is 0 Å². The van der Waals surface area contributed by atoms with Crippen LogP contribution < -0.4 is 20.6 Å². The fourth-order valence-electron chi connectivity index (χ4n) is 4.40. The first-order chi connectivity index (χ1) is 20.0. The molecule has 2 amide bonds. The lowest BCUT2D eigenvalue weighted by Gasteiger charge is -2.21. The molecule has 0 unspecified atom stereocenters. The van der Waals surface area contributed by atoms with Gasteiger partial charge >= 0.3 is 0 Å². The summed E-state index contributed by atoms with van der Waals surface area (Å²) >= 11 is 0. The van der Waals surface area contributed by atoms with Crippen molar-refractivity contribution in [3.8, 4) is 5.88 Å². The first-order valence-electron chi connectivity index (χ1n) is 13.3. The number of halogens is 2. The highest BCUT2D eigenvalue weighted by Crippen LogP contribution is 2.21. The van der Waals surface area contributed by atoms with E-state index in [0.29, 0.717) is 12.2 Å². The number of carbonyl (C=O) groups excluding carboxylic acids is 2. The van der Waals surface area contributed by atoms with E-state index in [0.717, 1.165) is 23.3 Å². The third-order valence-corrected chi connectivity index (χ3v) is 8.33. The van der Waals surface area contributed by atoms with Gasteiger partial charge in [0.25, 0.3) is 11.8 Å². The van der Waals surface area contributed by atoms with Gasteiger partial charge in [-0.2, -0.15) is 0 Å². The Balaban J connectivity index is 1.49. The molecule has 0 radical (unpaired) electrons. The van der Waals surface area contributed by atoms with Gasteiger partial charge in [0.2, 0.25) is 5.91 Å². The number of hydrogen-bond donors (Lipinski definition) is 2. The Morgan fingerprint density at radius 1 is 0.929 bits per heavy atom. The van der Waals surface area contributed by atoms with Gasteiger partial charge < -0.3 is 24.6 Å². The second-order valence-corrected chi connectivity index (χ2v) is 15.8. The second kappa shape index (κ2) is 13.5. The summed E-state index contributed by atoms with van der Waals surface area (Å²) in [5, 5.41) is 9.14. The molecule has 0 spiro atoms. The molecule has 2 N–H and O–H groups in total. The minimum Gasteiger partial charge on any atom is -0.471 e. The quantitative estimate of drug-likeness (QED) is 0.217. The number of nitrogens with one attached hydrogen (secondary N) is 2. The third kappa shape index (κ3) is 8.11. The molecule has 0 aliphatic heterocycles. The van der Waals surface area contributed by atoms with E-state index in [1.165, 1.54) is 6.07 Å². The zero-order valence-corrected chi connectivity index (χ0v) is 24.9.